The summed E-state index contributed by atoms with van der Waals surface area (Å²) in [5, 5.41) is 4.76. The number of hydrogen-bond donors (Lipinski definition) is 2. The number of carbonyl (C=O) groups is 3. The maximum absolute atomic E-state index is 13.6. The molecule has 7 nitrogen and oxygen atoms in total. The van der Waals surface area contributed by atoms with E-state index in [-0.39, 0.29) is 30.4 Å². The standard InChI is InChI=1S/C19H24FN3O4/c1-19(17(25)21-18(26)22-19)9-8-16(24)23-10-4-5-13(11-23)12-27-15-7-3-2-6-14(15)20/h2-3,6-7,13H,4-5,8-12H2,1H3,(H2,21,22,25,26)/t13-,19+/m0/s1. The molecule has 1 aromatic carbocycles. The molecule has 0 saturated carbocycles. The number of carbonyl (C=O) groups excluding carboxylic acids is 3. The largest absolute Gasteiger partial charge is 0.490 e. The van der Waals surface area contributed by atoms with Crippen molar-refractivity contribution in [2.45, 2.75) is 38.1 Å². The van der Waals surface area contributed by atoms with Crippen LogP contribution in [0.2, 0.25) is 0 Å². The SMILES string of the molecule is C[C@]1(CCC(=O)N2CCC[C@H](COc3ccccc3F)C2)NC(=O)NC1=O. The molecule has 146 valence electrons. The number of likely N-dealkylation sites (tertiary alicyclic amines) is 1. The predicted octanol–water partition coefficient (Wildman–Crippen LogP) is 1.82. The molecule has 8 heteroatoms. The molecule has 2 aliphatic heterocycles. The second kappa shape index (κ2) is 7.94. The topological polar surface area (TPSA) is 87.7 Å². The van der Waals surface area contributed by atoms with Gasteiger partial charge in [0.05, 0.1) is 6.61 Å². The van der Waals surface area contributed by atoms with Crippen molar-refractivity contribution in [3.8, 4) is 5.75 Å². The highest BCUT2D eigenvalue weighted by Gasteiger charge is 2.42. The van der Waals surface area contributed by atoms with E-state index in [9.17, 15) is 18.8 Å². The number of piperidine rings is 1. The molecule has 0 aliphatic carbocycles. The van der Waals surface area contributed by atoms with Gasteiger partial charge in [-0.05, 0) is 38.3 Å². The lowest BCUT2D eigenvalue weighted by Gasteiger charge is -2.33. The van der Waals surface area contributed by atoms with Gasteiger partial charge in [-0.3, -0.25) is 14.9 Å². The Morgan fingerprint density at radius 2 is 2.15 bits per heavy atom. The van der Waals surface area contributed by atoms with Gasteiger partial charge >= 0.3 is 6.03 Å². The Kier molecular flexibility index (Phi) is 5.62. The molecule has 0 bridgehead atoms. The molecule has 0 unspecified atom stereocenters. The summed E-state index contributed by atoms with van der Waals surface area (Å²) in [5.74, 6) is -0.508. The molecule has 2 aliphatic rings. The Labute approximate surface area is 157 Å². The van der Waals surface area contributed by atoms with Gasteiger partial charge in [-0.1, -0.05) is 12.1 Å². The van der Waals surface area contributed by atoms with Crippen molar-refractivity contribution in [1.82, 2.24) is 15.5 Å². The van der Waals surface area contributed by atoms with Gasteiger partial charge in [-0.25, -0.2) is 9.18 Å². The molecule has 2 fully saturated rings. The van der Waals surface area contributed by atoms with Crippen LogP contribution in [0.5, 0.6) is 5.75 Å². The minimum Gasteiger partial charge on any atom is -0.490 e. The van der Waals surface area contributed by atoms with Crippen molar-refractivity contribution in [3.05, 3.63) is 30.1 Å². The molecule has 4 amide bonds. The zero-order valence-electron chi connectivity index (χ0n) is 15.3. The first-order valence-electron chi connectivity index (χ1n) is 9.16. The van der Waals surface area contributed by atoms with Crippen LogP contribution >= 0.6 is 0 Å². The maximum Gasteiger partial charge on any atom is 0.322 e. The van der Waals surface area contributed by atoms with E-state index in [1.807, 2.05) is 0 Å². The number of imide groups is 1. The number of ether oxygens (including phenoxy) is 1. The van der Waals surface area contributed by atoms with Gasteiger partial charge < -0.3 is 15.0 Å². The maximum atomic E-state index is 13.6. The molecule has 2 N–H and O–H groups in total. The fourth-order valence-corrected chi connectivity index (χ4v) is 3.47. The van der Waals surface area contributed by atoms with Crippen LogP contribution in [-0.2, 0) is 9.59 Å². The Hall–Kier alpha value is -2.64. The summed E-state index contributed by atoms with van der Waals surface area (Å²) in [4.78, 5) is 37.4. The molecule has 2 saturated heterocycles. The van der Waals surface area contributed by atoms with E-state index in [1.165, 1.54) is 6.07 Å². The average molecular weight is 377 g/mol. The van der Waals surface area contributed by atoms with Gasteiger partial charge in [0.2, 0.25) is 5.91 Å². The second-order valence-corrected chi connectivity index (χ2v) is 7.33. The Balaban J connectivity index is 1.48. The average Bonchev–Trinajstić information content (AvgIpc) is 2.91. The summed E-state index contributed by atoms with van der Waals surface area (Å²) in [7, 11) is 0. The Morgan fingerprint density at radius 1 is 1.37 bits per heavy atom. The first kappa shape index (κ1) is 19.1. The summed E-state index contributed by atoms with van der Waals surface area (Å²) in [6.07, 6.45) is 2.18. The molecular formula is C19H24FN3O4. The fourth-order valence-electron chi connectivity index (χ4n) is 3.47. The monoisotopic (exact) mass is 377 g/mol. The van der Waals surface area contributed by atoms with E-state index < -0.39 is 23.3 Å². The van der Waals surface area contributed by atoms with Crippen LogP contribution in [0, 0.1) is 11.7 Å². The number of halogens is 1. The van der Waals surface area contributed by atoms with Gasteiger partial charge in [-0.15, -0.1) is 0 Å². The van der Waals surface area contributed by atoms with Gasteiger partial charge in [0.15, 0.2) is 11.6 Å². The first-order chi connectivity index (χ1) is 12.9. The molecule has 3 rings (SSSR count). The minimum atomic E-state index is -1.05. The fraction of sp³-hybridized carbons (Fsp3) is 0.526. The number of amides is 4. The molecule has 0 spiro atoms. The van der Waals surface area contributed by atoms with Crippen molar-refractivity contribution >= 4 is 17.8 Å². The highest BCUT2D eigenvalue weighted by atomic mass is 19.1. The van der Waals surface area contributed by atoms with Crippen LogP contribution in [-0.4, -0.2) is 48.0 Å². The molecule has 0 radical (unpaired) electrons. The number of benzene rings is 1. The molecule has 2 heterocycles. The van der Waals surface area contributed by atoms with Crippen molar-refractivity contribution < 1.29 is 23.5 Å². The molecule has 0 aromatic heterocycles. The quantitative estimate of drug-likeness (QED) is 0.741. The highest BCUT2D eigenvalue weighted by Crippen LogP contribution is 2.23. The third kappa shape index (κ3) is 4.56. The van der Waals surface area contributed by atoms with E-state index in [4.69, 9.17) is 4.74 Å². The van der Waals surface area contributed by atoms with Crippen LogP contribution in [0.4, 0.5) is 9.18 Å². The van der Waals surface area contributed by atoms with E-state index in [1.54, 1.807) is 30.0 Å². The molecule has 27 heavy (non-hydrogen) atoms. The predicted molar refractivity (Wildman–Crippen MR) is 95.5 cm³/mol. The van der Waals surface area contributed by atoms with Crippen LogP contribution in [0.25, 0.3) is 0 Å². The molecule has 2 atom stereocenters. The van der Waals surface area contributed by atoms with Crippen LogP contribution in [0.15, 0.2) is 24.3 Å². The number of urea groups is 1. The second-order valence-electron chi connectivity index (χ2n) is 7.33. The lowest BCUT2D eigenvalue weighted by atomic mass is 9.94. The van der Waals surface area contributed by atoms with Crippen molar-refractivity contribution in [3.63, 3.8) is 0 Å². The van der Waals surface area contributed by atoms with E-state index in [0.717, 1.165) is 12.8 Å². The summed E-state index contributed by atoms with van der Waals surface area (Å²) in [6, 6.07) is 5.73. The summed E-state index contributed by atoms with van der Waals surface area (Å²) < 4.78 is 19.2. The van der Waals surface area contributed by atoms with Crippen molar-refractivity contribution in [1.29, 1.82) is 0 Å². The molecule has 1 aromatic rings. The summed E-state index contributed by atoms with van der Waals surface area (Å²) >= 11 is 0. The Bertz CT molecular complexity index is 741. The van der Waals surface area contributed by atoms with Crippen LogP contribution in [0.3, 0.4) is 0 Å². The smallest absolute Gasteiger partial charge is 0.322 e. The Morgan fingerprint density at radius 3 is 2.85 bits per heavy atom. The number of rotatable bonds is 6. The summed E-state index contributed by atoms with van der Waals surface area (Å²) in [6.45, 7) is 3.16. The number of nitrogens with zero attached hydrogens (tertiary/aromatic N) is 1. The van der Waals surface area contributed by atoms with Crippen molar-refractivity contribution in [2.75, 3.05) is 19.7 Å². The van der Waals surface area contributed by atoms with Gasteiger partial charge in [0.25, 0.3) is 5.91 Å². The van der Waals surface area contributed by atoms with Crippen molar-refractivity contribution in [2.24, 2.45) is 5.92 Å². The third-order valence-corrected chi connectivity index (χ3v) is 5.14. The molecular weight excluding hydrogens is 353 g/mol. The summed E-state index contributed by atoms with van der Waals surface area (Å²) in [5.41, 5.74) is -1.05. The normalized spacial score (nSPS) is 25.1. The van der Waals surface area contributed by atoms with Gasteiger partial charge in [0.1, 0.15) is 5.54 Å². The van der Waals surface area contributed by atoms with Crippen LogP contribution in [0.1, 0.15) is 32.6 Å². The van der Waals surface area contributed by atoms with E-state index in [2.05, 4.69) is 10.6 Å². The number of para-hydroxylation sites is 1. The van der Waals surface area contributed by atoms with Gasteiger partial charge in [-0.2, -0.15) is 0 Å². The van der Waals surface area contributed by atoms with E-state index >= 15 is 0 Å². The lowest BCUT2D eigenvalue weighted by molar-refractivity contribution is -0.134. The van der Waals surface area contributed by atoms with E-state index in [0.29, 0.717) is 19.7 Å². The zero-order valence-corrected chi connectivity index (χ0v) is 15.3. The number of hydrogen-bond acceptors (Lipinski definition) is 4. The highest BCUT2D eigenvalue weighted by molar-refractivity contribution is 6.06. The van der Waals surface area contributed by atoms with Gasteiger partial charge in [0, 0.05) is 25.4 Å². The zero-order chi connectivity index (χ0) is 19.4. The first-order valence-corrected chi connectivity index (χ1v) is 9.16. The lowest BCUT2D eigenvalue weighted by Crippen LogP contribution is -2.46. The van der Waals surface area contributed by atoms with Crippen LogP contribution < -0.4 is 15.4 Å². The number of nitrogens with one attached hydrogen (secondary N) is 2. The minimum absolute atomic E-state index is 0.0548. The third-order valence-electron chi connectivity index (χ3n) is 5.14.